The van der Waals surface area contributed by atoms with Crippen molar-refractivity contribution in [2.45, 2.75) is 19.8 Å². The van der Waals surface area contributed by atoms with Gasteiger partial charge in [0.1, 0.15) is 6.33 Å². The van der Waals surface area contributed by atoms with Crippen LogP contribution in [0.25, 0.3) is 5.82 Å². The summed E-state index contributed by atoms with van der Waals surface area (Å²) in [6.45, 7) is 4.08. The van der Waals surface area contributed by atoms with E-state index in [4.69, 9.17) is 0 Å². The first-order valence-corrected chi connectivity index (χ1v) is 5.03. The normalized spacial score (nSPS) is 10.7. The molecule has 5 nitrogen and oxygen atoms in total. The molecular weight excluding hydrogens is 204 g/mol. The van der Waals surface area contributed by atoms with Crippen molar-refractivity contribution in [1.29, 1.82) is 0 Å². The molecule has 0 bridgehead atoms. The van der Waals surface area contributed by atoms with Gasteiger partial charge in [-0.3, -0.25) is 9.78 Å². The first kappa shape index (κ1) is 10.5. The van der Waals surface area contributed by atoms with Gasteiger partial charge in [0.25, 0.3) is 5.56 Å². The van der Waals surface area contributed by atoms with Crippen molar-refractivity contribution in [3.63, 3.8) is 0 Å². The summed E-state index contributed by atoms with van der Waals surface area (Å²) >= 11 is 0. The lowest BCUT2D eigenvalue weighted by Gasteiger charge is -2.05. The molecule has 0 aliphatic carbocycles. The second kappa shape index (κ2) is 4.22. The van der Waals surface area contributed by atoms with Crippen LogP contribution in [0.1, 0.15) is 25.5 Å². The van der Waals surface area contributed by atoms with E-state index in [1.165, 1.54) is 23.2 Å². The SMILES string of the molecule is CC(C)c1cnc(-n2cnccc2=O)cn1. The van der Waals surface area contributed by atoms with Gasteiger partial charge in [0.05, 0.1) is 18.1 Å². The van der Waals surface area contributed by atoms with Crippen LogP contribution in [-0.4, -0.2) is 19.5 Å². The van der Waals surface area contributed by atoms with Gasteiger partial charge in [-0.2, -0.15) is 0 Å². The maximum atomic E-state index is 11.5. The molecule has 16 heavy (non-hydrogen) atoms. The summed E-state index contributed by atoms with van der Waals surface area (Å²) in [5.41, 5.74) is 0.738. The van der Waals surface area contributed by atoms with Crippen molar-refractivity contribution in [3.05, 3.63) is 47.0 Å². The van der Waals surface area contributed by atoms with E-state index in [-0.39, 0.29) is 5.56 Å². The first-order chi connectivity index (χ1) is 7.68. The Morgan fingerprint density at radius 3 is 2.62 bits per heavy atom. The van der Waals surface area contributed by atoms with Gasteiger partial charge in [0, 0.05) is 12.3 Å². The zero-order valence-corrected chi connectivity index (χ0v) is 9.16. The second-order valence-corrected chi connectivity index (χ2v) is 3.74. The van der Waals surface area contributed by atoms with Crippen LogP contribution >= 0.6 is 0 Å². The van der Waals surface area contributed by atoms with Gasteiger partial charge >= 0.3 is 0 Å². The molecule has 2 heterocycles. The molecule has 0 fully saturated rings. The van der Waals surface area contributed by atoms with E-state index in [0.717, 1.165) is 5.69 Å². The van der Waals surface area contributed by atoms with Crippen molar-refractivity contribution in [2.75, 3.05) is 0 Å². The maximum absolute atomic E-state index is 11.5. The molecule has 5 heteroatoms. The van der Waals surface area contributed by atoms with Crippen LogP contribution in [0.2, 0.25) is 0 Å². The average molecular weight is 216 g/mol. The predicted molar refractivity (Wildman–Crippen MR) is 59.5 cm³/mol. The number of hydrogen-bond acceptors (Lipinski definition) is 4. The molecule has 0 radical (unpaired) electrons. The maximum Gasteiger partial charge on any atom is 0.259 e. The number of rotatable bonds is 2. The fraction of sp³-hybridized carbons (Fsp3) is 0.273. The van der Waals surface area contributed by atoms with Crippen LogP contribution < -0.4 is 5.56 Å². The number of hydrogen-bond donors (Lipinski definition) is 0. The Balaban J connectivity index is 2.43. The Kier molecular flexibility index (Phi) is 2.76. The fourth-order valence-corrected chi connectivity index (χ4v) is 1.27. The lowest BCUT2D eigenvalue weighted by Crippen LogP contribution is -2.18. The molecule has 0 N–H and O–H groups in total. The highest BCUT2D eigenvalue weighted by Gasteiger charge is 2.04. The Bertz CT molecular complexity index is 530. The van der Waals surface area contributed by atoms with E-state index in [1.54, 1.807) is 12.4 Å². The first-order valence-electron chi connectivity index (χ1n) is 5.03. The minimum absolute atomic E-state index is 0.165. The van der Waals surface area contributed by atoms with Gasteiger partial charge in [0.2, 0.25) is 0 Å². The summed E-state index contributed by atoms with van der Waals surface area (Å²) in [7, 11) is 0. The van der Waals surface area contributed by atoms with Crippen molar-refractivity contribution in [1.82, 2.24) is 19.5 Å². The third-order valence-corrected chi connectivity index (χ3v) is 2.22. The van der Waals surface area contributed by atoms with Crippen molar-refractivity contribution in [3.8, 4) is 5.82 Å². The predicted octanol–water partition coefficient (Wildman–Crippen LogP) is 1.15. The van der Waals surface area contributed by atoms with Crippen LogP contribution in [-0.2, 0) is 0 Å². The molecule has 2 rings (SSSR count). The Morgan fingerprint density at radius 1 is 1.25 bits per heavy atom. The molecule has 82 valence electrons. The third kappa shape index (κ3) is 1.98. The third-order valence-electron chi connectivity index (χ3n) is 2.22. The monoisotopic (exact) mass is 216 g/mol. The van der Waals surface area contributed by atoms with Gasteiger partial charge in [-0.05, 0) is 5.92 Å². The number of nitrogens with zero attached hydrogens (tertiary/aromatic N) is 4. The Hall–Kier alpha value is -2.04. The average Bonchev–Trinajstić information content (AvgIpc) is 2.30. The van der Waals surface area contributed by atoms with Crippen LogP contribution in [0.5, 0.6) is 0 Å². The minimum atomic E-state index is -0.165. The highest BCUT2D eigenvalue weighted by molar-refractivity contribution is 5.19. The van der Waals surface area contributed by atoms with E-state index >= 15 is 0 Å². The van der Waals surface area contributed by atoms with Crippen LogP contribution in [0.3, 0.4) is 0 Å². The van der Waals surface area contributed by atoms with E-state index in [2.05, 4.69) is 15.0 Å². The smallest absolute Gasteiger partial charge is 0.259 e. The Labute approximate surface area is 92.8 Å². The fourth-order valence-electron chi connectivity index (χ4n) is 1.27. The largest absolute Gasteiger partial charge is 0.269 e. The van der Waals surface area contributed by atoms with Crippen LogP contribution in [0.4, 0.5) is 0 Å². The lowest BCUT2D eigenvalue weighted by molar-refractivity contribution is 0.796. The molecule has 2 aromatic rings. The van der Waals surface area contributed by atoms with E-state index in [9.17, 15) is 4.79 Å². The van der Waals surface area contributed by atoms with Crippen molar-refractivity contribution in [2.24, 2.45) is 0 Å². The van der Waals surface area contributed by atoms with Gasteiger partial charge in [-0.1, -0.05) is 13.8 Å². The molecule has 0 saturated heterocycles. The summed E-state index contributed by atoms with van der Waals surface area (Å²) in [5.74, 6) is 0.815. The standard InChI is InChI=1S/C11H12N4O/c1-8(2)9-5-14-10(6-13-9)15-7-12-4-3-11(15)16/h3-8H,1-2H3. The Morgan fingerprint density at radius 2 is 2.06 bits per heavy atom. The number of aromatic nitrogens is 4. The molecule has 2 aromatic heterocycles. The van der Waals surface area contributed by atoms with Gasteiger partial charge in [-0.15, -0.1) is 0 Å². The molecule has 0 amide bonds. The summed E-state index contributed by atoms with van der Waals surface area (Å²) in [6, 6.07) is 1.39. The summed E-state index contributed by atoms with van der Waals surface area (Å²) in [4.78, 5) is 23.8. The van der Waals surface area contributed by atoms with E-state index < -0.39 is 0 Å². The molecule has 0 saturated carbocycles. The van der Waals surface area contributed by atoms with E-state index in [0.29, 0.717) is 11.7 Å². The van der Waals surface area contributed by atoms with E-state index in [1.807, 2.05) is 13.8 Å². The highest BCUT2D eigenvalue weighted by Crippen LogP contribution is 2.09. The molecule has 0 aromatic carbocycles. The summed E-state index contributed by atoms with van der Waals surface area (Å²) in [5, 5.41) is 0. The van der Waals surface area contributed by atoms with Crippen LogP contribution in [0, 0.1) is 0 Å². The topological polar surface area (TPSA) is 60.7 Å². The second-order valence-electron chi connectivity index (χ2n) is 3.74. The molecule has 0 spiro atoms. The molecule has 0 aliphatic rings. The molecule has 0 aliphatic heterocycles. The summed E-state index contributed by atoms with van der Waals surface area (Å²) < 4.78 is 1.36. The minimum Gasteiger partial charge on any atom is -0.269 e. The van der Waals surface area contributed by atoms with Gasteiger partial charge < -0.3 is 0 Å². The zero-order chi connectivity index (χ0) is 11.5. The van der Waals surface area contributed by atoms with Gasteiger partial charge in [0.15, 0.2) is 5.82 Å². The lowest BCUT2D eigenvalue weighted by atomic mass is 10.1. The van der Waals surface area contributed by atoms with Crippen LogP contribution in [0.15, 0.2) is 35.8 Å². The quantitative estimate of drug-likeness (QED) is 0.755. The molecule has 0 unspecified atom stereocenters. The molecule has 0 atom stereocenters. The molecular formula is C11H12N4O. The van der Waals surface area contributed by atoms with Crippen molar-refractivity contribution >= 4 is 0 Å². The van der Waals surface area contributed by atoms with Gasteiger partial charge in [-0.25, -0.2) is 14.5 Å². The van der Waals surface area contributed by atoms with Crippen molar-refractivity contribution < 1.29 is 0 Å². The summed E-state index contributed by atoms with van der Waals surface area (Å²) in [6.07, 6.45) is 6.15. The highest BCUT2D eigenvalue weighted by atomic mass is 16.1. The zero-order valence-electron chi connectivity index (χ0n) is 9.16.